The molecule has 0 aliphatic carbocycles. The summed E-state index contributed by atoms with van der Waals surface area (Å²) in [6.07, 6.45) is 8.24. The van der Waals surface area contributed by atoms with Crippen LogP contribution in [0.15, 0.2) is 49.1 Å². The number of pyridine rings is 2. The SMILES string of the molecule is O=C(NCCC[NH2+]CCCNC(=O)c1ccncc1)c1ccncc1. The number of carbonyl (C=O) groups excluding carboxylic acids is 2. The molecule has 2 heterocycles. The van der Waals surface area contributed by atoms with Gasteiger partial charge in [-0.3, -0.25) is 19.6 Å². The molecule has 0 fully saturated rings. The van der Waals surface area contributed by atoms with Gasteiger partial charge in [0.25, 0.3) is 11.8 Å². The summed E-state index contributed by atoms with van der Waals surface area (Å²) in [5.74, 6) is -0.137. The zero-order valence-corrected chi connectivity index (χ0v) is 14.1. The fraction of sp³-hybridized carbons (Fsp3) is 0.333. The van der Waals surface area contributed by atoms with Crippen molar-refractivity contribution in [3.63, 3.8) is 0 Å². The minimum absolute atomic E-state index is 0.0683. The van der Waals surface area contributed by atoms with Gasteiger partial charge >= 0.3 is 0 Å². The average Bonchev–Trinajstić information content (AvgIpc) is 2.67. The first-order valence-corrected chi connectivity index (χ1v) is 8.45. The van der Waals surface area contributed by atoms with E-state index in [1.165, 1.54) is 0 Å². The summed E-state index contributed by atoms with van der Waals surface area (Å²) >= 11 is 0. The van der Waals surface area contributed by atoms with E-state index < -0.39 is 0 Å². The number of nitrogens with two attached hydrogens (primary N) is 1. The molecule has 0 aromatic carbocycles. The smallest absolute Gasteiger partial charge is 0.251 e. The van der Waals surface area contributed by atoms with Gasteiger partial charge in [0.2, 0.25) is 0 Å². The summed E-state index contributed by atoms with van der Waals surface area (Å²) in [4.78, 5) is 31.4. The number of amides is 2. The van der Waals surface area contributed by atoms with Gasteiger partial charge in [-0.1, -0.05) is 0 Å². The minimum atomic E-state index is -0.0683. The summed E-state index contributed by atoms with van der Waals surface area (Å²) in [6.45, 7) is 3.18. The number of nitrogens with zero attached hydrogens (tertiary/aromatic N) is 2. The highest BCUT2D eigenvalue weighted by atomic mass is 16.2. The molecule has 0 radical (unpaired) electrons. The van der Waals surface area contributed by atoms with Crippen LogP contribution in [-0.2, 0) is 0 Å². The number of nitrogens with one attached hydrogen (secondary N) is 2. The van der Waals surface area contributed by atoms with Crippen LogP contribution in [0.5, 0.6) is 0 Å². The fourth-order valence-corrected chi connectivity index (χ4v) is 2.25. The molecule has 0 unspecified atom stereocenters. The molecule has 2 aromatic rings. The van der Waals surface area contributed by atoms with Crippen LogP contribution in [0.1, 0.15) is 33.6 Å². The van der Waals surface area contributed by atoms with Crippen LogP contribution in [0, 0.1) is 0 Å². The van der Waals surface area contributed by atoms with Gasteiger partial charge in [0, 0.05) is 61.8 Å². The lowest BCUT2D eigenvalue weighted by Gasteiger charge is -2.06. The van der Waals surface area contributed by atoms with E-state index in [1.54, 1.807) is 49.1 Å². The van der Waals surface area contributed by atoms with E-state index >= 15 is 0 Å². The first-order valence-electron chi connectivity index (χ1n) is 8.45. The highest BCUT2D eigenvalue weighted by Crippen LogP contribution is 1.95. The maximum atomic E-state index is 11.8. The largest absolute Gasteiger partial charge is 0.352 e. The monoisotopic (exact) mass is 342 g/mol. The van der Waals surface area contributed by atoms with Crippen molar-refractivity contribution < 1.29 is 14.9 Å². The molecule has 0 saturated heterocycles. The van der Waals surface area contributed by atoms with Crippen molar-refractivity contribution in [1.29, 1.82) is 0 Å². The van der Waals surface area contributed by atoms with Gasteiger partial charge in [0.15, 0.2) is 0 Å². The molecule has 0 aliphatic heterocycles. The van der Waals surface area contributed by atoms with Crippen LogP contribution in [0.2, 0.25) is 0 Å². The Morgan fingerprint density at radius 2 is 1.16 bits per heavy atom. The van der Waals surface area contributed by atoms with Crippen molar-refractivity contribution in [1.82, 2.24) is 20.6 Å². The molecule has 2 rings (SSSR count). The van der Waals surface area contributed by atoms with Crippen LogP contribution in [0.3, 0.4) is 0 Å². The highest BCUT2D eigenvalue weighted by Gasteiger charge is 2.04. The topological polar surface area (TPSA) is 101 Å². The van der Waals surface area contributed by atoms with Crippen LogP contribution >= 0.6 is 0 Å². The predicted molar refractivity (Wildman–Crippen MR) is 94.0 cm³/mol. The standard InChI is InChI=1S/C18H23N5O2/c24-17(15-3-11-20-12-4-15)22-9-1-7-19-8-2-10-23-18(25)16-5-13-21-14-6-16/h3-6,11-14,19H,1-2,7-10H2,(H,22,24)(H,23,25)/p+1. The quantitative estimate of drug-likeness (QED) is 0.528. The molecule has 7 nitrogen and oxygen atoms in total. The third kappa shape index (κ3) is 7.09. The molecule has 0 saturated carbocycles. The maximum Gasteiger partial charge on any atom is 0.251 e. The van der Waals surface area contributed by atoms with E-state index in [9.17, 15) is 9.59 Å². The Balaban J connectivity index is 1.45. The molecular formula is C18H24N5O2+. The van der Waals surface area contributed by atoms with Gasteiger partial charge < -0.3 is 16.0 Å². The highest BCUT2D eigenvalue weighted by molar-refractivity contribution is 5.94. The van der Waals surface area contributed by atoms with Gasteiger partial charge in [-0.15, -0.1) is 0 Å². The lowest BCUT2D eigenvalue weighted by molar-refractivity contribution is -0.654. The number of hydrogen-bond donors (Lipinski definition) is 3. The second kappa shape index (κ2) is 10.9. The van der Waals surface area contributed by atoms with Gasteiger partial charge in [-0.25, -0.2) is 0 Å². The Kier molecular flexibility index (Phi) is 8.07. The Labute approximate surface area is 147 Å². The molecule has 4 N–H and O–H groups in total. The van der Waals surface area contributed by atoms with Crippen molar-refractivity contribution in [2.24, 2.45) is 0 Å². The van der Waals surface area contributed by atoms with Crippen molar-refractivity contribution in [2.45, 2.75) is 12.8 Å². The van der Waals surface area contributed by atoms with Crippen LogP contribution in [0.25, 0.3) is 0 Å². The van der Waals surface area contributed by atoms with E-state index in [0.29, 0.717) is 24.2 Å². The summed E-state index contributed by atoms with van der Waals surface area (Å²) in [7, 11) is 0. The summed E-state index contributed by atoms with van der Waals surface area (Å²) in [5, 5.41) is 7.96. The van der Waals surface area contributed by atoms with E-state index in [0.717, 1.165) is 25.9 Å². The molecular weight excluding hydrogens is 318 g/mol. The molecule has 132 valence electrons. The maximum absolute atomic E-state index is 11.8. The Bertz CT molecular complexity index is 592. The van der Waals surface area contributed by atoms with E-state index in [1.807, 2.05) is 0 Å². The molecule has 7 heteroatoms. The first-order chi connectivity index (χ1) is 12.3. The zero-order valence-electron chi connectivity index (χ0n) is 14.1. The Morgan fingerprint density at radius 3 is 1.56 bits per heavy atom. The molecule has 2 aromatic heterocycles. The zero-order chi connectivity index (χ0) is 17.7. The normalized spacial score (nSPS) is 10.2. The number of hydrogen-bond acceptors (Lipinski definition) is 4. The van der Waals surface area contributed by atoms with Crippen LogP contribution in [0.4, 0.5) is 0 Å². The molecule has 0 bridgehead atoms. The van der Waals surface area contributed by atoms with Crippen molar-refractivity contribution >= 4 is 11.8 Å². The average molecular weight is 342 g/mol. The lowest BCUT2D eigenvalue weighted by Crippen LogP contribution is -2.84. The van der Waals surface area contributed by atoms with Crippen LogP contribution in [-0.4, -0.2) is 48.0 Å². The van der Waals surface area contributed by atoms with Crippen molar-refractivity contribution in [3.05, 3.63) is 60.2 Å². The minimum Gasteiger partial charge on any atom is -0.352 e. The van der Waals surface area contributed by atoms with E-state index in [-0.39, 0.29) is 11.8 Å². The summed E-state index contributed by atoms with van der Waals surface area (Å²) in [5.41, 5.74) is 1.26. The van der Waals surface area contributed by atoms with Gasteiger partial charge in [-0.2, -0.15) is 0 Å². The molecule has 25 heavy (non-hydrogen) atoms. The number of rotatable bonds is 10. The first kappa shape index (κ1) is 18.5. The van der Waals surface area contributed by atoms with Gasteiger partial charge in [-0.05, 0) is 24.3 Å². The number of carbonyl (C=O) groups is 2. The number of quaternary nitrogens is 1. The van der Waals surface area contributed by atoms with Crippen molar-refractivity contribution in [2.75, 3.05) is 26.2 Å². The van der Waals surface area contributed by atoms with Gasteiger partial charge in [0.1, 0.15) is 0 Å². The van der Waals surface area contributed by atoms with E-state index in [2.05, 4.69) is 25.9 Å². The number of aromatic nitrogens is 2. The predicted octanol–water partition coefficient (Wildman–Crippen LogP) is -0.0200. The fourth-order valence-electron chi connectivity index (χ4n) is 2.25. The second-order valence-electron chi connectivity index (χ2n) is 5.56. The van der Waals surface area contributed by atoms with Gasteiger partial charge in [0.05, 0.1) is 13.1 Å². The lowest BCUT2D eigenvalue weighted by atomic mass is 10.2. The van der Waals surface area contributed by atoms with E-state index in [4.69, 9.17) is 0 Å². The molecule has 0 atom stereocenters. The second-order valence-corrected chi connectivity index (χ2v) is 5.56. The third-order valence-electron chi connectivity index (χ3n) is 3.63. The summed E-state index contributed by atoms with van der Waals surface area (Å²) < 4.78 is 0. The Hall–Kier alpha value is -2.80. The Morgan fingerprint density at radius 1 is 0.760 bits per heavy atom. The molecule has 0 aliphatic rings. The molecule has 0 spiro atoms. The van der Waals surface area contributed by atoms with Crippen molar-refractivity contribution in [3.8, 4) is 0 Å². The molecule has 2 amide bonds. The summed E-state index contributed by atoms with van der Waals surface area (Å²) in [6, 6.07) is 6.78. The third-order valence-corrected chi connectivity index (χ3v) is 3.63. The van der Waals surface area contributed by atoms with Crippen LogP contribution < -0.4 is 16.0 Å².